The smallest absolute Gasteiger partial charge is 0.226 e. The molecule has 0 bridgehead atoms. The van der Waals surface area contributed by atoms with Crippen LogP contribution in [0, 0.1) is 23.2 Å². The van der Waals surface area contributed by atoms with Gasteiger partial charge in [-0.3, -0.25) is 4.79 Å². The molecule has 4 aliphatic rings. The van der Waals surface area contributed by atoms with Crippen LogP contribution in [-0.2, 0) is 4.79 Å². The van der Waals surface area contributed by atoms with Gasteiger partial charge in [0.1, 0.15) is 0 Å². The zero-order valence-corrected chi connectivity index (χ0v) is 12.4. The van der Waals surface area contributed by atoms with E-state index in [-0.39, 0.29) is 12.4 Å². The molecule has 0 aromatic carbocycles. The standard InChI is InChI=1S/C15H24N2O.ClH/c18-14(13-8-15(13)4-6-16-7-5-15)17-9-11-2-1-3-12(11)10-17;/h11-13,16H,1-10H2;1H. The third-order valence-electron chi connectivity index (χ3n) is 6.13. The van der Waals surface area contributed by atoms with Gasteiger partial charge in [-0.25, -0.2) is 0 Å². The first kappa shape index (κ1) is 13.7. The van der Waals surface area contributed by atoms with Crippen LogP contribution in [0.3, 0.4) is 0 Å². The van der Waals surface area contributed by atoms with Gasteiger partial charge in [0.15, 0.2) is 0 Å². The molecule has 3 nitrogen and oxygen atoms in total. The first-order valence-corrected chi connectivity index (χ1v) is 7.78. The van der Waals surface area contributed by atoms with Crippen molar-refractivity contribution in [1.82, 2.24) is 10.2 Å². The lowest BCUT2D eigenvalue weighted by atomic mass is 9.91. The molecule has 0 radical (unpaired) electrons. The lowest BCUT2D eigenvalue weighted by molar-refractivity contribution is -0.132. The number of nitrogens with one attached hydrogen (secondary N) is 1. The number of nitrogens with zero attached hydrogens (tertiary/aromatic N) is 1. The third kappa shape index (κ3) is 2.19. The normalized spacial score (nSPS) is 38.9. The molecule has 2 saturated heterocycles. The summed E-state index contributed by atoms with van der Waals surface area (Å²) in [6.07, 6.45) is 7.77. The van der Waals surface area contributed by atoms with Crippen molar-refractivity contribution in [3.05, 3.63) is 0 Å². The molecule has 2 saturated carbocycles. The number of rotatable bonds is 1. The Hall–Kier alpha value is -0.280. The number of hydrogen-bond acceptors (Lipinski definition) is 2. The number of carbonyl (C=O) groups excluding carboxylic acids is 1. The lowest BCUT2D eigenvalue weighted by Crippen LogP contribution is -2.35. The minimum atomic E-state index is 0. The van der Waals surface area contributed by atoms with Gasteiger partial charge < -0.3 is 10.2 Å². The predicted molar refractivity (Wildman–Crippen MR) is 77.3 cm³/mol. The van der Waals surface area contributed by atoms with Crippen LogP contribution in [-0.4, -0.2) is 37.0 Å². The maximum Gasteiger partial charge on any atom is 0.226 e. The summed E-state index contributed by atoms with van der Waals surface area (Å²) >= 11 is 0. The van der Waals surface area contributed by atoms with E-state index < -0.39 is 0 Å². The Morgan fingerprint density at radius 1 is 1.11 bits per heavy atom. The molecule has 2 heterocycles. The van der Waals surface area contributed by atoms with E-state index >= 15 is 0 Å². The second-order valence-electron chi connectivity index (χ2n) is 7.06. The molecule has 1 amide bonds. The molecule has 2 aliphatic heterocycles. The van der Waals surface area contributed by atoms with Crippen LogP contribution < -0.4 is 5.32 Å². The molecule has 4 rings (SSSR count). The van der Waals surface area contributed by atoms with Crippen molar-refractivity contribution in [2.45, 2.75) is 38.5 Å². The Morgan fingerprint density at radius 3 is 2.37 bits per heavy atom. The van der Waals surface area contributed by atoms with Crippen molar-refractivity contribution in [2.24, 2.45) is 23.2 Å². The fourth-order valence-corrected chi connectivity index (χ4v) is 4.81. The van der Waals surface area contributed by atoms with Crippen LogP contribution in [0.15, 0.2) is 0 Å². The van der Waals surface area contributed by atoms with E-state index in [0.717, 1.165) is 38.0 Å². The van der Waals surface area contributed by atoms with Gasteiger partial charge in [0.25, 0.3) is 0 Å². The molecule has 3 unspecified atom stereocenters. The second-order valence-corrected chi connectivity index (χ2v) is 7.06. The topological polar surface area (TPSA) is 32.3 Å². The molecule has 19 heavy (non-hydrogen) atoms. The Labute approximate surface area is 121 Å². The Balaban J connectivity index is 0.00000110. The van der Waals surface area contributed by atoms with E-state index in [1.54, 1.807) is 0 Å². The highest BCUT2D eigenvalue weighted by Gasteiger charge is 2.59. The van der Waals surface area contributed by atoms with Crippen LogP contribution in [0.5, 0.6) is 0 Å². The van der Waals surface area contributed by atoms with E-state index in [9.17, 15) is 4.79 Å². The summed E-state index contributed by atoms with van der Waals surface area (Å²) in [5.74, 6) is 2.58. The molecule has 0 aromatic rings. The SMILES string of the molecule is Cl.O=C(C1CC12CCNCC2)N1CC2CCCC2C1. The molecular formula is C15H25ClN2O. The summed E-state index contributed by atoms with van der Waals surface area (Å²) in [6, 6.07) is 0. The van der Waals surface area contributed by atoms with Gasteiger partial charge in [-0.15, -0.1) is 12.4 Å². The lowest BCUT2D eigenvalue weighted by Gasteiger charge is -2.25. The zero-order chi connectivity index (χ0) is 12.2. The minimum absolute atomic E-state index is 0. The molecule has 4 fully saturated rings. The first-order valence-electron chi connectivity index (χ1n) is 7.78. The molecular weight excluding hydrogens is 260 g/mol. The molecule has 4 heteroatoms. The summed E-state index contributed by atoms with van der Waals surface area (Å²) in [7, 11) is 0. The van der Waals surface area contributed by atoms with Crippen molar-refractivity contribution in [1.29, 1.82) is 0 Å². The average molecular weight is 285 g/mol. The summed E-state index contributed by atoms with van der Waals surface area (Å²) in [6.45, 7) is 4.40. The van der Waals surface area contributed by atoms with Crippen LogP contribution in [0.25, 0.3) is 0 Å². The van der Waals surface area contributed by atoms with E-state index in [4.69, 9.17) is 0 Å². The fourth-order valence-electron chi connectivity index (χ4n) is 4.81. The first-order chi connectivity index (χ1) is 8.78. The average Bonchev–Trinajstić information content (AvgIpc) is 2.76. The minimum Gasteiger partial charge on any atom is -0.342 e. The van der Waals surface area contributed by atoms with Gasteiger partial charge in [-0.05, 0) is 62.4 Å². The summed E-state index contributed by atoms with van der Waals surface area (Å²) in [5.41, 5.74) is 0.417. The van der Waals surface area contributed by atoms with Gasteiger partial charge in [0, 0.05) is 19.0 Å². The van der Waals surface area contributed by atoms with Crippen LogP contribution >= 0.6 is 12.4 Å². The molecule has 1 N–H and O–H groups in total. The quantitative estimate of drug-likeness (QED) is 0.799. The highest BCUT2D eigenvalue weighted by molar-refractivity contribution is 5.85. The van der Waals surface area contributed by atoms with Crippen molar-refractivity contribution in [3.8, 4) is 0 Å². The summed E-state index contributed by atoms with van der Waals surface area (Å²) < 4.78 is 0. The Bertz CT molecular complexity index is 351. The van der Waals surface area contributed by atoms with E-state index in [1.807, 2.05) is 0 Å². The molecule has 0 aromatic heterocycles. The zero-order valence-electron chi connectivity index (χ0n) is 11.6. The highest BCUT2D eigenvalue weighted by atomic mass is 35.5. The predicted octanol–water partition coefficient (Wildman–Crippen LogP) is 2.06. The van der Waals surface area contributed by atoms with E-state index in [2.05, 4.69) is 10.2 Å². The van der Waals surface area contributed by atoms with Crippen molar-refractivity contribution in [3.63, 3.8) is 0 Å². The van der Waals surface area contributed by atoms with Gasteiger partial charge in [-0.2, -0.15) is 0 Å². The third-order valence-corrected chi connectivity index (χ3v) is 6.13. The van der Waals surface area contributed by atoms with Gasteiger partial charge in [-0.1, -0.05) is 6.42 Å². The fraction of sp³-hybridized carbons (Fsp3) is 0.933. The van der Waals surface area contributed by atoms with Crippen molar-refractivity contribution >= 4 is 18.3 Å². The number of carbonyl (C=O) groups is 1. The van der Waals surface area contributed by atoms with E-state index in [0.29, 0.717) is 17.2 Å². The maximum atomic E-state index is 12.6. The maximum absolute atomic E-state index is 12.6. The molecule has 108 valence electrons. The molecule has 1 spiro atoms. The van der Waals surface area contributed by atoms with E-state index in [1.165, 1.54) is 38.5 Å². The van der Waals surface area contributed by atoms with Crippen LogP contribution in [0.1, 0.15) is 38.5 Å². The monoisotopic (exact) mass is 284 g/mol. The number of halogens is 1. The number of piperidine rings is 1. The van der Waals surface area contributed by atoms with Gasteiger partial charge in [0.2, 0.25) is 5.91 Å². The van der Waals surface area contributed by atoms with Crippen molar-refractivity contribution < 1.29 is 4.79 Å². The number of likely N-dealkylation sites (tertiary alicyclic amines) is 1. The summed E-state index contributed by atoms with van der Waals surface area (Å²) in [4.78, 5) is 14.8. The molecule has 2 aliphatic carbocycles. The second kappa shape index (κ2) is 4.92. The Morgan fingerprint density at radius 2 is 1.74 bits per heavy atom. The van der Waals surface area contributed by atoms with Crippen LogP contribution in [0.2, 0.25) is 0 Å². The largest absolute Gasteiger partial charge is 0.342 e. The molecule has 3 atom stereocenters. The number of fused-ring (bicyclic) bond motifs is 1. The number of amides is 1. The highest BCUT2D eigenvalue weighted by Crippen LogP contribution is 2.59. The van der Waals surface area contributed by atoms with Crippen molar-refractivity contribution in [2.75, 3.05) is 26.2 Å². The number of hydrogen-bond donors (Lipinski definition) is 1. The Kier molecular flexibility index (Phi) is 3.55. The van der Waals surface area contributed by atoms with Gasteiger partial charge >= 0.3 is 0 Å². The van der Waals surface area contributed by atoms with Gasteiger partial charge in [0.05, 0.1) is 0 Å². The summed E-state index contributed by atoms with van der Waals surface area (Å²) in [5, 5.41) is 3.42. The van der Waals surface area contributed by atoms with Crippen LogP contribution in [0.4, 0.5) is 0 Å².